The second kappa shape index (κ2) is 11.3. The average Bonchev–Trinajstić information content (AvgIpc) is 3.46. The van der Waals surface area contributed by atoms with Crippen LogP contribution in [0.5, 0.6) is 0 Å². The highest BCUT2D eigenvalue weighted by Crippen LogP contribution is 2.25. The number of benzene rings is 3. The number of hydrogen-bond donors (Lipinski definition) is 0. The summed E-state index contributed by atoms with van der Waals surface area (Å²) in [6.45, 7) is 4.66. The molecular weight excluding hydrogens is 609 g/mol. The Labute approximate surface area is 237 Å². The molecule has 0 aliphatic rings. The largest absolute Gasteiger partial charge is 0.318 e. The van der Waals surface area contributed by atoms with Gasteiger partial charge in [-0.05, 0) is 72.3 Å². The normalized spacial score (nSPS) is 11.9. The first-order chi connectivity index (χ1) is 18.4. The maximum atomic E-state index is 11.4. The van der Waals surface area contributed by atoms with Crippen molar-refractivity contribution in [3.05, 3.63) is 131 Å². The molecule has 0 saturated heterocycles. The van der Waals surface area contributed by atoms with Crippen LogP contribution in [0.3, 0.4) is 0 Å². The Morgan fingerprint density at radius 2 is 1.76 bits per heavy atom. The Hall–Kier alpha value is -3.83. The topological polar surface area (TPSA) is 77.7 Å². The van der Waals surface area contributed by atoms with E-state index in [4.69, 9.17) is 10.1 Å². The molecule has 5 rings (SSSR count). The molecule has 0 aliphatic carbocycles. The van der Waals surface area contributed by atoms with Crippen molar-refractivity contribution in [1.82, 2.24) is 9.24 Å². The van der Waals surface area contributed by atoms with Crippen molar-refractivity contribution in [2.75, 3.05) is 0 Å². The Balaban J connectivity index is 1.58. The minimum absolute atomic E-state index is 0.0353. The van der Waals surface area contributed by atoms with E-state index in [2.05, 4.69) is 71.3 Å². The first kappa shape index (κ1) is 25.8. The third-order valence-corrected chi connectivity index (χ3v) is 7.72. The molecule has 0 unspecified atom stereocenters. The number of hydrogen-bond acceptors (Lipinski definition) is 5. The van der Waals surface area contributed by atoms with Gasteiger partial charge in [-0.2, -0.15) is 5.10 Å². The summed E-state index contributed by atoms with van der Waals surface area (Å²) in [5.41, 5.74) is 6.84. The van der Waals surface area contributed by atoms with Crippen LogP contribution in [0.1, 0.15) is 22.5 Å². The summed E-state index contributed by atoms with van der Waals surface area (Å²) in [5.74, 6) is 0. The molecule has 0 aliphatic heterocycles. The van der Waals surface area contributed by atoms with Crippen molar-refractivity contribution in [2.45, 2.75) is 20.4 Å². The van der Waals surface area contributed by atoms with E-state index in [1.807, 2.05) is 48.0 Å². The van der Waals surface area contributed by atoms with Gasteiger partial charge in [0, 0.05) is 49.3 Å². The van der Waals surface area contributed by atoms with Crippen molar-refractivity contribution in [3.8, 4) is 16.9 Å². The van der Waals surface area contributed by atoms with Crippen molar-refractivity contribution in [1.29, 1.82) is 0 Å². The summed E-state index contributed by atoms with van der Waals surface area (Å²) in [6.07, 6.45) is 1.83. The van der Waals surface area contributed by atoms with Crippen LogP contribution >= 0.6 is 33.9 Å². The van der Waals surface area contributed by atoms with Gasteiger partial charge < -0.3 is 4.57 Å². The van der Waals surface area contributed by atoms with Crippen LogP contribution in [0.2, 0.25) is 0 Å². The maximum Gasteiger partial charge on any atom is 0.270 e. The minimum Gasteiger partial charge on any atom is -0.318 e. The fourth-order valence-electron chi connectivity index (χ4n) is 4.26. The lowest BCUT2D eigenvalue weighted by atomic mass is 10.1. The lowest BCUT2D eigenvalue weighted by Gasteiger charge is -2.09. The van der Waals surface area contributed by atoms with E-state index < -0.39 is 0 Å². The van der Waals surface area contributed by atoms with Gasteiger partial charge in [0.25, 0.3) is 5.69 Å². The summed E-state index contributed by atoms with van der Waals surface area (Å²) in [5, 5.41) is 18.2. The first-order valence-electron chi connectivity index (χ1n) is 11.9. The second-order valence-electron chi connectivity index (χ2n) is 8.71. The summed E-state index contributed by atoms with van der Waals surface area (Å²) in [6, 6.07) is 27.1. The standard InChI is InChI=1S/C29H24IN5O2S/c1-20-15-24(21(2)33(20)26-13-11-25(30)12-14-26)18-32-34-28(23-9-6-10-27(16-23)35(36)37)19-38-29(34)31-17-22-7-4-3-5-8-22/h3-16,18-19H,17H2,1-2H3. The monoisotopic (exact) mass is 633 g/mol. The quantitative estimate of drug-likeness (QED) is 0.0829. The van der Waals surface area contributed by atoms with Crippen molar-refractivity contribution < 1.29 is 4.92 Å². The van der Waals surface area contributed by atoms with Crippen molar-refractivity contribution in [3.63, 3.8) is 0 Å². The van der Waals surface area contributed by atoms with E-state index in [9.17, 15) is 10.1 Å². The molecule has 0 N–H and O–H groups in total. The summed E-state index contributed by atoms with van der Waals surface area (Å²) >= 11 is 3.76. The number of non-ortho nitro benzene ring substituents is 1. The molecule has 0 saturated carbocycles. The van der Waals surface area contributed by atoms with Crippen LogP contribution in [0, 0.1) is 27.5 Å². The Bertz CT molecular complexity index is 1700. The molecule has 2 aromatic heterocycles. The van der Waals surface area contributed by atoms with Gasteiger partial charge in [-0.25, -0.2) is 4.68 Å². The highest BCUT2D eigenvalue weighted by molar-refractivity contribution is 14.1. The molecule has 0 amide bonds. The van der Waals surface area contributed by atoms with Gasteiger partial charge in [0.05, 0.1) is 23.4 Å². The highest BCUT2D eigenvalue weighted by Gasteiger charge is 2.13. The number of aryl methyl sites for hydroxylation is 1. The van der Waals surface area contributed by atoms with Crippen LogP contribution in [0.4, 0.5) is 5.69 Å². The van der Waals surface area contributed by atoms with Crippen molar-refractivity contribution >= 4 is 45.8 Å². The van der Waals surface area contributed by atoms with E-state index in [-0.39, 0.29) is 10.6 Å². The van der Waals surface area contributed by atoms with Gasteiger partial charge >= 0.3 is 0 Å². The molecule has 0 bridgehead atoms. The molecule has 0 radical (unpaired) electrons. The zero-order valence-electron chi connectivity index (χ0n) is 20.8. The maximum absolute atomic E-state index is 11.4. The molecule has 190 valence electrons. The third kappa shape index (κ3) is 5.53. The van der Waals surface area contributed by atoms with E-state index in [1.54, 1.807) is 16.8 Å². The summed E-state index contributed by atoms with van der Waals surface area (Å²) in [7, 11) is 0. The van der Waals surface area contributed by atoms with E-state index in [1.165, 1.54) is 21.0 Å². The molecule has 3 aromatic carbocycles. The van der Waals surface area contributed by atoms with Crippen molar-refractivity contribution in [2.24, 2.45) is 10.1 Å². The van der Waals surface area contributed by atoms with Crippen LogP contribution in [-0.4, -0.2) is 20.4 Å². The number of nitro benzene ring substituents is 1. The smallest absolute Gasteiger partial charge is 0.270 e. The van der Waals surface area contributed by atoms with E-state index in [0.717, 1.165) is 33.9 Å². The molecule has 2 heterocycles. The molecule has 38 heavy (non-hydrogen) atoms. The lowest BCUT2D eigenvalue weighted by molar-refractivity contribution is -0.384. The van der Waals surface area contributed by atoms with Gasteiger partial charge in [-0.1, -0.05) is 42.5 Å². The number of halogens is 1. The van der Waals surface area contributed by atoms with Gasteiger partial charge in [0.15, 0.2) is 0 Å². The molecule has 9 heteroatoms. The van der Waals surface area contributed by atoms with E-state index in [0.29, 0.717) is 16.9 Å². The molecule has 0 spiro atoms. The average molecular weight is 634 g/mol. The van der Waals surface area contributed by atoms with E-state index >= 15 is 0 Å². The molecular formula is C29H24IN5O2S. The Morgan fingerprint density at radius 3 is 2.50 bits per heavy atom. The van der Waals surface area contributed by atoms with Crippen LogP contribution in [0.25, 0.3) is 16.9 Å². The summed E-state index contributed by atoms with van der Waals surface area (Å²) < 4.78 is 5.16. The highest BCUT2D eigenvalue weighted by atomic mass is 127. The van der Waals surface area contributed by atoms with Crippen LogP contribution < -0.4 is 4.80 Å². The number of aromatic nitrogens is 2. The summed E-state index contributed by atoms with van der Waals surface area (Å²) in [4.78, 5) is 16.5. The fourth-order valence-corrected chi connectivity index (χ4v) is 5.46. The van der Waals surface area contributed by atoms with Crippen LogP contribution in [-0.2, 0) is 6.54 Å². The molecule has 5 aromatic rings. The molecule has 7 nitrogen and oxygen atoms in total. The third-order valence-electron chi connectivity index (χ3n) is 6.15. The number of rotatable bonds is 7. The Kier molecular flexibility index (Phi) is 7.66. The zero-order valence-corrected chi connectivity index (χ0v) is 23.8. The van der Waals surface area contributed by atoms with Gasteiger partial charge in [0.2, 0.25) is 4.80 Å². The lowest BCUT2D eigenvalue weighted by Crippen LogP contribution is -2.12. The molecule has 0 fully saturated rings. The van der Waals surface area contributed by atoms with Gasteiger partial charge in [-0.15, -0.1) is 11.3 Å². The second-order valence-corrected chi connectivity index (χ2v) is 10.8. The molecule has 0 atom stereocenters. The van der Waals surface area contributed by atoms with Gasteiger partial charge in [0.1, 0.15) is 0 Å². The minimum atomic E-state index is -0.385. The number of nitrogens with zero attached hydrogens (tertiary/aromatic N) is 5. The predicted octanol–water partition coefficient (Wildman–Crippen LogP) is 7.12. The van der Waals surface area contributed by atoms with Gasteiger partial charge in [-0.3, -0.25) is 15.1 Å². The Morgan fingerprint density at radius 1 is 1.00 bits per heavy atom. The number of nitro groups is 1. The van der Waals surface area contributed by atoms with Crippen LogP contribution in [0.15, 0.2) is 100 Å². The predicted molar refractivity (Wildman–Crippen MR) is 161 cm³/mol. The zero-order chi connectivity index (χ0) is 26.6. The SMILES string of the molecule is Cc1cc(C=Nn2c(-c3cccc([N+](=O)[O-])c3)csc2=NCc2ccccc2)c(C)n1-c1ccc(I)cc1. The fraction of sp³-hybridized carbons (Fsp3) is 0.103. The first-order valence-corrected chi connectivity index (χ1v) is 13.9. The number of thiazole rings is 1.